The van der Waals surface area contributed by atoms with Crippen LogP contribution in [0.5, 0.6) is 5.75 Å². The largest absolute Gasteiger partial charge is 0.493 e. The quantitative estimate of drug-likeness (QED) is 0.822. The van der Waals surface area contributed by atoms with Gasteiger partial charge in [0.15, 0.2) is 0 Å². The molecule has 0 aliphatic carbocycles. The van der Waals surface area contributed by atoms with Crippen molar-refractivity contribution >= 4 is 16.7 Å². The number of amides is 1. The molecular formula is C17H22N2O2. The standard InChI is InChI=1S/C17H22N2O2/c1-3-19-12-15-14-7-5-4-6-13(14)8-9-16(15)21-11-10-17(20)18-2/h4-9,19H,3,10-12H2,1-2H3,(H,18,20). The first-order chi connectivity index (χ1) is 10.3. The Balaban J connectivity index is 2.22. The summed E-state index contributed by atoms with van der Waals surface area (Å²) in [5.41, 5.74) is 1.15. The average molecular weight is 286 g/mol. The molecular weight excluding hydrogens is 264 g/mol. The molecule has 0 atom stereocenters. The number of carbonyl (C=O) groups is 1. The highest BCUT2D eigenvalue weighted by Crippen LogP contribution is 2.28. The van der Waals surface area contributed by atoms with E-state index in [2.05, 4.69) is 35.8 Å². The van der Waals surface area contributed by atoms with E-state index >= 15 is 0 Å². The van der Waals surface area contributed by atoms with Crippen LogP contribution in [0.1, 0.15) is 18.9 Å². The third kappa shape index (κ3) is 3.95. The van der Waals surface area contributed by atoms with Crippen LogP contribution >= 0.6 is 0 Å². The second-order valence-corrected chi connectivity index (χ2v) is 4.82. The van der Waals surface area contributed by atoms with Crippen LogP contribution in [-0.2, 0) is 11.3 Å². The summed E-state index contributed by atoms with van der Waals surface area (Å²) in [4.78, 5) is 11.3. The van der Waals surface area contributed by atoms with Crippen LogP contribution in [0.25, 0.3) is 10.8 Å². The molecule has 0 fully saturated rings. The molecule has 0 aliphatic heterocycles. The van der Waals surface area contributed by atoms with Gasteiger partial charge in [-0.15, -0.1) is 0 Å². The van der Waals surface area contributed by atoms with Crippen LogP contribution in [0.15, 0.2) is 36.4 Å². The van der Waals surface area contributed by atoms with Crippen molar-refractivity contribution in [3.8, 4) is 5.75 Å². The summed E-state index contributed by atoms with van der Waals surface area (Å²) in [6, 6.07) is 12.3. The molecule has 0 saturated heterocycles. The van der Waals surface area contributed by atoms with Gasteiger partial charge in [-0.3, -0.25) is 4.79 Å². The highest BCUT2D eigenvalue weighted by atomic mass is 16.5. The van der Waals surface area contributed by atoms with Gasteiger partial charge in [-0.05, 0) is 23.4 Å². The van der Waals surface area contributed by atoms with Crippen molar-refractivity contribution in [2.24, 2.45) is 0 Å². The molecule has 2 rings (SSSR count). The van der Waals surface area contributed by atoms with E-state index in [0.29, 0.717) is 13.0 Å². The van der Waals surface area contributed by atoms with Crippen LogP contribution in [-0.4, -0.2) is 26.1 Å². The molecule has 0 radical (unpaired) electrons. The third-order valence-electron chi connectivity index (χ3n) is 3.41. The van der Waals surface area contributed by atoms with Crippen molar-refractivity contribution in [2.75, 3.05) is 20.2 Å². The average Bonchev–Trinajstić information content (AvgIpc) is 2.53. The normalized spacial score (nSPS) is 10.6. The monoisotopic (exact) mass is 286 g/mol. The number of ether oxygens (including phenoxy) is 1. The van der Waals surface area contributed by atoms with Gasteiger partial charge in [-0.1, -0.05) is 37.3 Å². The van der Waals surface area contributed by atoms with Gasteiger partial charge in [0, 0.05) is 19.2 Å². The van der Waals surface area contributed by atoms with Crippen LogP contribution < -0.4 is 15.4 Å². The summed E-state index contributed by atoms with van der Waals surface area (Å²) in [5.74, 6) is 0.836. The number of benzene rings is 2. The number of fused-ring (bicyclic) bond motifs is 1. The van der Waals surface area contributed by atoms with Crippen molar-refractivity contribution in [1.82, 2.24) is 10.6 Å². The van der Waals surface area contributed by atoms with Crippen LogP contribution in [0.2, 0.25) is 0 Å². The molecule has 2 aromatic rings. The van der Waals surface area contributed by atoms with Crippen LogP contribution in [0, 0.1) is 0 Å². The first-order valence-electron chi connectivity index (χ1n) is 7.31. The van der Waals surface area contributed by atoms with Gasteiger partial charge >= 0.3 is 0 Å². The Morgan fingerprint density at radius 3 is 2.76 bits per heavy atom. The van der Waals surface area contributed by atoms with Crippen LogP contribution in [0.3, 0.4) is 0 Å². The molecule has 0 unspecified atom stereocenters. The Labute approximate surface area is 125 Å². The Morgan fingerprint density at radius 2 is 2.00 bits per heavy atom. The minimum Gasteiger partial charge on any atom is -0.493 e. The van der Waals surface area contributed by atoms with Gasteiger partial charge in [-0.25, -0.2) is 0 Å². The smallest absolute Gasteiger partial charge is 0.223 e. The SMILES string of the molecule is CCNCc1c(OCCC(=O)NC)ccc2ccccc12. The summed E-state index contributed by atoms with van der Waals surface area (Å²) >= 11 is 0. The second kappa shape index (κ2) is 7.64. The molecule has 0 aromatic heterocycles. The zero-order valence-electron chi connectivity index (χ0n) is 12.6. The number of nitrogens with one attached hydrogen (secondary N) is 2. The zero-order valence-corrected chi connectivity index (χ0v) is 12.6. The summed E-state index contributed by atoms with van der Waals surface area (Å²) in [5, 5.41) is 8.34. The van der Waals surface area contributed by atoms with E-state index in [-0.39, 0.29) is 5.91 Å². The highest BCUT2D eigenvalue weighted by Gasteiger charge is 2.09. The highest BCUT2D eigenvalue weighted by molar-refractivity contribution is 5.87. The molecule has 0 aliphatic rings. The molecule has 0 saturated carbocycles. The van der Waals surface area contributed by atoms with E-state index in [1.165, 1.54) is 10.8 Å². The fourth-order valence-electron chi connectivity index (χ4n) is 2.26. The second-order valence-electron chi connectivity index (χ2n) is 4.82. The summed E-state index contributed by atoms with van der Waals surface area (Å²) < 4.78 is 5.81. The van der Waals surface area contributed by atoms with E-state index in [9.17, 15) is 4.79 Å². The molecule has 1 amide bonds. The lowest BCUT2D eigenvalue weighted by Gasteiger charge is -2.14. The minimum atomic E-state index is -0.0102. The molecule has 4 heteroatoms. The maximum atomic E-state index is 11.3. The van der Waals surface area contributed by atoms with Gasteiger partial charge < -0.3 is 15.4 Å². The Kier molecular flexibility index (Phi) is 5.58. The lowest BCUT2D eigenvalue weighted by Crippen LogP contribution is -2.20. The van der Waals surface area contributed by atoms with Gasteiger partial charge in [0.25, 0.3) is 0 Å². The molecule has 0 spiro atoms. The summed E-state index contributed by atoms with van der Waals surface area (Å²) in [7, 11) is 1.63. The Hall–Kier alpha value is -2.07. The third-order valence-corrected chi connectivity index (χ3v) is 3.41. The van der Waals surface area contributed by atoms with Crippen molar-refractivity contribution in [3.05, 3.63) is 42.0 Å². The van der Waals surface area contributed by atoms with E-state index < -0.39 is 0 Å². The fourth-order valence-corrected chi connectivity index (χ4v) is 2.26. The molecule has 2 aromatic carbocycles. The molecule has 4 nitrogen and oxygen atoms in total. The van der Waals surface area contributed by atoms with E-state index in [1.54, 1.807) is 7.05 Å². The molecule has 0 bridgehead atoms. The van der Waals surface area contributed by atoms with E-state index in [0.717, 1.165) is 24.4 Å². The van der Waals surface area contributed by atoms with E-state index in [4.69, 9.17) is 4.74 Å². The molecule has 112 valence electrons. The Morgan fingerprint density at radius 1 is 1.19 bits per heavy atom. The van der Waals surface area contributed by atoms with Gasteiger partial charge in [0.2, 0.25) is 5.91 Å². The van der Waals surface area contributed by atoms with Gasteiger partial charge in [-0.2, -0.15) is 0 Å². The first-order valence-corrected chi connectivity index (χ1v) is 7.31. The summed E-state index contributed by atoms with van der Waals surface area (Å²) in [6.45, 7) is 4.13. The number of carbonyl (C=O) groups excluding carboxylic acids is 1. The van der Waals surface area contributed by atoms with Crippen LogP contribution in [0.4, 0.5) is 0 Å². The summed E-state index contributed by atoms with van der Waals surface area (Å²) in [6.07, 6.45) is 0.365. The topological polar surface area (TPSA) is 50.4 Å². The van der Waals surface area contributed by atoms with Gasteiger partial charge in [0.05, 0.1) is 13.0 Å². The first kappa shape index (κ1) is 15.3. The van der Waals surface area contributed by atoms with Crippen molar-refractivity contribution in [1.29, 1.82) is 0 Å². The number of hydrogen-bond acceptors (Lipinski definition) is 3. The maximum Gasteiger partial charge on any atom is 0.223 e. The zero-order chi connectivity index (χ0) is 15.1. The molecule has 21 heavy (non-hydrogen) atoms. The van der Waals surface area contributed by atoms with E-state index in [1.807, 2.05) is 18.2 Å². The molecule has 0 heterocycles. The van der Waals surface area contributed by atoms with Gasteiger partial charge in [0.1, 0.15) is 5.75 Å². The molecule has 2 N–H and O–H groups in total. The predicted octanol–water partition coefficient (Wildman–Crippen LogP) is 2.46. The van der Waals surface area contributed by atoms with Crippen molar-refractivity contribution in [3.63, 3.8) is 0 Å². The number of hydrogen-bond donors (Lipinski definition) is 2. The van der Waals surface area contributed by atoms with Crippen molar-refractivity contribution < 1.29 is 9.53 Å². The lowest BCUT2D eigenvalue weighted by atomic mass is 10.0. The maximum absolute atomic E-state index is 11.3. The lowest BCUT2D eigenvalue weighted by molar-refractivity contribution is -0.121. The Bertz CT molecular complexity index is 611. The number of rotatable bonds is 7. The fraction of sp³-hybridized carbons (Fsp3) is 0.353. The van der Waals surface area contributed by atoms with Crippen molar-refractivity contribution in [2.45, 2.75) is 19.9 Å². The predicted molar refractivity (Wildman–Crippen MR) is 85.5 cm³/mol. The minimum absolute atomic E-state index is 0.0102.